The molecular formula is C17H18Cl2O2. The number of hydrogen-bond acceptors (Lipinski definition) is 2. The quantitative estimate of drug-likeness (QED) is 0.875. The standard InChI is InChI=1S/C17H18Cl2O2/c1-17(20,10-12-6-8-14(21-2)9-7-12)11-13-4-3-5-15(18)16(13)19/h3-9,20H,10-11H2,1-2H3. The first kappa shape index (κ1) is 16.2. The summed E-state index contributed by atoms with van der Waals surface area (Å²) in [4.78, 5) is 0. The van der Waals surface area contributed by atoms with Gasteiger partial charge in [-0.25, -0.2) is 0 Å². The maximum Gasteiger partial charge on any atom is 0.118 e. The molecule has 2 nitrogen and oxygen atoms in total. The number of benzene rings is 2. The van der Waals surface area contributed by atoms with Crippen LogP contribution in [0.25, 0.3) is 0 Å². The molecule has 0 radical (unpaired) electrons. The average Bonchev–Trinajstić information content (AvgIpc) is 2.44. The van der Waals surface area contributed by atoms with Gasteiger partial charge in [-0.2, -0.15) is 0 Å². The number of rotatable bonds is 5. The zero-order valence-electron chi connectivity index (χ0n) is 12.1. The Hall–Kier alpha value is -1.22. The fourth-order valence-electron chi connectivity index (χ4n) is 2.34. The second kappa shape index (κ2) is 6.69. The molecule has 0 saturated carbocycles. The molecule has 1 atom stereocenters. The Morgan fingerprint density at radius 3 is 2.33 bits per heavy atom. The maximum atomic E-state index is 10.6. The lowest BCUT2D eigenvalue weighted by atomic mass is 9.90. The molecule has 1 N–H and O–H groups in total. The number of halogens is 2. The first-order valence-corrected chi connectivity index (χ1v) is 7.45. The van der Waals surface area contributed by atoms with Gasteiger partial charge in [0.15, 0.2) is 0 Å². The molecule has 0 aliphatic heterocycles. The van der Waals surface area contributed by atoms with Crippen molar-refractivity contribution in [3.8, 4) is 5.75 Å². The van der Waals surface area contributed by atoms with Crippen LogP contribution in [0.1, 0.15) is 18.1 Å². The molecule has 1 unspecified atom stereocenters. The van der Waals surface area contributed by atoms with Crippen LogP contribution in [0, 0.1) is 0 Å². The molecule has 0 amide bonds. The lowest BCUT2D eigenvalue weighted by molar-refractivity contribution is 0.0608. The zero-order chi connectivity index (χ0) is 15.5. The molecule has 0 heterocycles. The van der Waals surface area contributed by atoms with Gasteiger partial charge in [-0.05, 0) is 36.2 Å². The van der Waals surface area contributed by atoms with Crippen molar-refractivity contribution in [2.75, 3.05) is 7.11 Å². The van der Waals surface area contributed by atoms with E-state index in [1.54, 1.807) is 20.1 Å². The van der Waals surface area contributed by atoms with Crippen molar-refractivity contribution in [1.82, 2.24) is 0 Å². The molecule has 112 valence electrons. The molecule has 0 fully saturated rings. The van der Waals surface area contributed by atoms with Crippen LogP contribution < -0.4 is 4.74 Å². The Balaban J connectivity index is 2.12. The highest BCUT2D eigenvalue weighted by Gasteiger charge is 2.23. The summed E-state index contributed by atoms with van der Waals surface area (Å²) in [5, 5.41) is 11.6. The van der Waals surface area contributed by atoms with Crippen LogP contribution in [0.4, 0.5) is 0 Å². The topological polar surface area (TPSA) is 29.5 Å². The summed E-state index contributed by atoms with van der Waals surface area (Å²) < 4.78 is 5.13. The molecule has 0 saturated heterocycles. The summed E-state index contributed by atoms with van der Waals surface area (Å²) >= 11 is 12.2. The minimum Gasteiger partial charge on any atom is -0.497 e. The van der Waals surface area contributed by atoms with Crippen LogP contribution in [0.15, 0.2) is 42.5 Å². The van der Waals surface area contributed by atoms with Crippen LogP contribution >= 0.6 is 23.2 Å². The van der Waals surface area contributed by atoms with Crippen LogP contribution in [-0.4, -0.2) is 17.8 Å². The van der Waals surface area contributed by atoms with Crippen LogP contribution in [0.3, 0.4) is 0 Å². The van der Waals surface area contributed by atoms with Gasteiger partial charge < -0.3 is 9.84 Å². The second-order valence-corrected chi connectivity index (χ2v) is 6.20. The molecule has 2 rings (SSSR count). The van der Waals surface area contributed by atoms with E-state index in [4.69, 9.17) is 27.9 Å². The summed E-state index contributed by atoms with van der Waals surface area (Å²) in [5.41, 5.74) is 0.991. The molecule has 0 aromatic heterocycles. The van der Waals surface area contributed by atoms with Crippen molar-refractivity contribution >= 4 is 23.2 Å². The zero-order valence-corrected chi connectivity index (χ0v) is 13.6. The van der Waals surface area contributed by atoms with Gasteiger partial charge in [0.25, 0.3) is 0 Å². The Kier molecular flexibility index (Phi) is 5.15. The Morgan fingerprint density at radius 2 is 1.71 bits per heavy atom. The number of aliphatic hydroxyl groups is 1. The third kappa shape index (κ3) is 4.37. The molecule has 4 heteroatoms. The highest BCUT2D eigenvalue weighted by Crippen LogP contribution is 2.29. The minimum absolute atomic E-state index is 0.443. The van der Waals surface area contributed by atoms with E-state index in [-0.39, 0.29) is 0 Å². The van der Waals surface area contributed by atoms with E-state index in [1.165, 1.54) is 0 Å². The highest BCUT2D eigenvalue weighted by atomic mass is 35.5. The molecule has 21 heavy (non-hydrogen) atoms. The minimum atomic E-state index is -0.900. The third-order valence-electron chi connectivity index (χ3n) is 3.35. The van der Waals surface area contributed by atoms with Gasteiger partial charge in [0, 0.05) is 12.8 Å². The first-order chi connectivity index (χ1) is 9.91. The van der Waals surface area contributed by atoms with Crippen molar-refractivity contribution in [1.29, 1.82) is 0 Å². The molecule has 0 aliphatic rings. The highest BCUT2D eigenvalue weighted by molar-refractivity contribution is 6.42. The summed E-state index contributed by atoms with van der Waals surface area (Å²) in [6, 6.07) is 13.1. The summed E-state index contributed by atoms with van der Waals surface area (Å²) in [6.07, 6.45) is 0.970. The van der Waals surface area contributed by atoms with Crippen molar-refractivity contribution in [2.24, 2.45) is 0 Å². The Morgan fingerprint density at radius 1 is 1.05 bits per heavy atom. The average molecular weight is 325 g/mol. The van der Waals surface area contributed by atoms with Gasteiger partial charge >= 0.3 is 0 Å². The largest absolute Gasteiger partial charge is 0.497 e. The van der Waals surface area contributed by atoms with Crippen molar-refractivity contribution < 1.29 is 9.84 Å². The van der Waals surface area contributed by atoms with Gasteiger partial charge in [0.05, 0.1) is 22.8 Å². The molecule has 2 aromatic carbocycles. The van der Waals surface area contributed by atoms with E-state index in [0.717, 1.165) is 16.9 Å². The van der Waals surface area contributed by atoms with Crippen molar-refractivity contribution in [3.63, 3.8) is 0 Å². The molecule has 0 aliphatic carbocycles. The van der Waals surface area contributed by atoms with Gasteiger partial charge in [-0.15, -0.1) is 0 Å². The van der Waals surface area contributed by atoms with E-state index in [9.17, 15) is 5.11 Å². The molecular weight excluding hydrogens is 307 g/mol. The molecule has 0 bridgehead atoms. The van der Waals surface area contributed by atoms with E-state index >= 15 is 0 Å². The molecule has 0 spiro atoms. The Bertz CT molecular complexity index is 607. The van der Waals surface area contributed by atoms with Crippen LogP contribution in [0.5, 0.6) is 5.75 Å². The maximum absolute atomic E-state index is 10.6. The van der Waals surface area contributed by atoms with Crippen LogP contribution in [-0.2, 0) is 12.8 Å². The lowest BCUT2D eigenvalue weighted by Gasteiger charge is -2.24. The Labute approximate surface area is 135 Å². The number of hydrogen-bond donors (Lipinski definition) is 1. The van der Waals surface area contributed by atoms with Gasteiger partial charge in [0.2, 0.25) is 0 Å². The van der Waals surface area contributed by atoms with E-state index < -0.39 is 5.60 Å². The van der Waals surface area contributed by atoms with Crippen LogP contribution in [0.2, 0.25) is 10.0 Å². The summed E-state index contributed by atoms with van der Waals surface area (Å²) in [6.45, 7) is 1.80. The van der Waals surface area contributed by atoms with Crippen molar-refractivity contribution in [3.05, 3.63) is 63.6 Å². The normalized spacial score (nSPS) is 13.8. The smallest absolute Gasteiger partial charge is 0.118 e. The van der Waals surface area contributed by atoms with E-state index in [0.29, 0.717) is 22.9 Å². The fraction of sp³-hybridized carbons (Fsp3) is 0.294. The first-order valence-electron chi connectivity index (χ1n) is 6.69. The SMILES string of the molecule is COc1ccc(CC(C)(O)Cc2cccc(Cl)c2Cl)cc1. The van der Waals surface area contributed by atoms with Gasteiger partial charge in [-0.1, -0.05) is 47.5 Å². The summed E-state index contributed by atoms with van der Waals surface area (Å²) in [5.74, 6) is 0.802. The second-order valence-electron chi connectivity index (χ2n) is 5.41. The third-order valence-corrected chi connectivity index (χ3v) is 4.20. The summed E-state index contributed by atoms with van der Waals surface area (Å²) in [7, 11) is 1.63. The number of ether oxygens (including phenoxy) is 1. The predicted octanol–water partition coefficient (Wildman–Crippen LogP) is 4.54. The van der Waals surface area contributed by atoms with Crippen molar-refractivity contribution in [2.45, 2.75) is 25.4 Å². The van der Waals surface area contributed by atoms with E-state index in [1.807, 2.05) is 36.4 Å². The molecule has 2 aromatic rings. The lowest BCUT2D eigenvalue weighted by Crippen LogP contribution is -2.30. The van der Waals surface area contributed by atoms with Gasteiger partial charge in [-0.3, -0.25) is 0 Å². The fourth-order valence-corrected chi connectivity index (χ4v) is 2.73. The number of methoxy groups -OCH3 is 1. The predicted molar refractivity (Wildman–Crippen MR) is 87.5 cm³/mol. The van der Waals surface area contributed by atoms with E-state index in [2.05, 4.69) is 0 Å². The van der Waals surface area contributed by atoms with Gasteiger partial charge in [0.1, 0.15) is 5.75 Å². The monoisotopic (exact) mass is 324 g/mol.